The number of fused-ring (bicyclic) bond motifs is 7. The minimum Gasteiger partial charge on any atom is -0.462 e. The summed E-state index contributed by atoms with van der Waals surface area (Å²) in [5.41, 5.74) is 1.06. The molecule has 0 saturated heterocycles. The van der Waals surface area contributed by atoms with Gasteiger partial charge in [-0.2, -0.15) is 0 Å². The SMILES string of the molecule is C=CCOC(=O)CC(C)(C)CC(=O)O[C@H]1CC[C@]2(C)[C@H]3CC[C@@H]4[C@H]5[C@H](C(=C)C)CC[C@]5(C(C)=O)CC[C@@]4(C)[C@]3(C)CC[C@H]2C1(C)C. The van der Waals surface area contributed by atoms with Crippen molar-refractivity contribution in [2.75, 3.05) is 6.61 Å². The number of esters is 2. The van der Waals surface area contributed by atoms with Gasteiger partial charge in [-0.25, -0.2) is 0 Å². The molecule has 0 unspecified atom stereocenters. The van der Waals surface area contributed by atoms with Crippen molar-refractivity contribution in [3.8, 4) is 0 Å². The third-order valence-corrected chi connectivity index (χ3v) is 15.6. The zero-order valence-corrected chi connectivity index (χ0v) is 30.7. The average molecular weight is 637 g/mol. The fourth-order valence-corrected chi connectivity index (χ4v) is 13.2. The number of carbonyl (C=O) groups is 3. The van der Waals surface area contributed by atoms with Gasteiger partial charge in [0.25, 0.3) is 0 Å². The van der Waals surface area contributed by atoms with Crippen LogP contribution in [0.3, 0.4) is 0 Å². The molecule has 0 spiro atoms. The zero-order chi connectivity index (χ0) is 34.1. The highest BCUT2D eigenvalue weighted by Crippen LogP contribution is 2.77. The summed E-state index contributed by atoms with van der Waals surface area (Å²) < 4.78 is 11.5. The molecule has 258 valence electrons. The highest BCUT2D eigenvalue weighted by Gasteiger charge is 2.71. The van der Waals surface area contributed by atoms with E-state index < -0.39 is 5.41 Å². The molecule has 0 bridgehead atoms. The van der Waals surface area contributed by atoms with Gasteiger partial charge in [0, 0.05) is 10.8 Å². The summed E-state index contributed by atoms with van der Waals surface area (Å²) >= 11 is 0. The van der Waals surface area contributed by atoms with Crippen LogP contribution < -0.4 is 0 Å². The van der Waals surface area contributed by atoms with Crippen LogP contribution in [-0.2, 0) is 23.9 Å². The topological polar surface area (TPSA) is 69.7 Å². The average Bonchev–Trinajstić information content (AvgIpc) is 3.35. The summed E-state index contributed by atoms with van der Waals surface area (Å²) in [7, 11) is 0. The smallest absolute Gasteiger partial charge is 0.306 e. The highest BCUT2D eigenvalue weighted by atomic mass is 16.5. The molecule has 0 aromatic carbocycles. The standard InChI is InChI=1S/C41H64O5/c1-12-23-45-33(43)24-36(5,6)25-34(44)46-32-17-18-38(9)30(37(32,7)8)16-19-40(11)31(38)14-13-29-35-28(26(2)3)15-20-41(35,27(4)42)22-21-39(29,40)10/h12,28-32,35H,1-2,13-25H2,3-11H3/t28-,29+,30-,31+,32-,35+,38-,39+,40+,41+/m0/s1. The molecule has 0 heterocycles. The first-order valence-corrected chi connectivity index (χ1v) is 18.4. The Balaban J connectivity index is 1.34. The Bertz CT molecular complexity index is 1260. The van der Waals surface area contributed by atoms with Gasteiger partial charge in [-0.05, 0) is 129 Å². The molecule has 5 nitrogen and oxygen atoms in total. The summed E-state index contributed by atoms with van der Waals surface area (Å²) in [6.45, 7) is 28.7. The van der Waals surface area contributed by atoms with E-state index in [1.165, 1.54) is 24.8 Å². The minimum absolute atomic E-state index is 0.126. The number of ether oxygens (including phenoxy) is 2. The Labute approximate surface area is 280 Å². The van der Waals surface area contributed by atoms with Gasteiger partial charge < -0.3 is 9.47 Å². The number of allylic oxidation sites excluding steroid dienone is 1. The van der Waals surface area contributed by atoms with Gasteiger partial charge in [0.2, 0.25) is 0 Å². The second-order valence-corrected chi connectivity index (χ2v) is 18.7. The molecule has 0 amide bonds. The van der Waals surface area contributed by atoms with Gasteiger partial charge >= 0.3 is 11.9 Å². The van der Waals surface area contributed by atoms with Crippen LogP contribution in [0.25, 0.3) is 0 Å². The lowest BCUT2D eigenvalue weighted by Gasteiger charge is -2.73. The van der Waals surface area contributed by atoms with Crippen LogP contribution in [-0.4, -0.2) is 30.4 Å². The first kappa shape index (κ1) is 35.4. The molecule has 5 heteroatoms. The van der Waals surface area contributed by atoms with Gasteiger partial charge in [-0.15, -0.1) is 0 Å². The lowest BCUT2D eigenvalue weighted by molar-refractivity contribution is -0.249. The lowest BCUT2D eigenvalue weighted by atomic mass is 9.32. The number of ketones is 1. The van der Waals surface area contributed by atoms with Crippen LogP contribution in [0, 0.1) is 62.1 Å². The number of carbonyl (C=O) groups excluding carboxylic acids is 3. The lowest BCUT2D eigenvalue weighted by Crippen LogP contribution is -2.67. The third kappa shape index (κ3) is 5.37. The Morgan fingerprint density at radius 1 is 0.804 bits per heavy atom. The fourth-order valence-electron chi connectivity index (χ4n) is 13.2. The second-order valence-electron chi connectivity index (χ2n) is 18.7. The van der Waals surface area contributed by atoms with E-state index in [2.05, 4.69) is 54.7 Å². The molecule has 0 aromatic heterocycles. The summed E-state index contributed by atoms with van der Waals surface area (Å²) in [6, 6.07) is 0. The van der Waals surface area contributed by atoms with Crippen molar-refractivity contribution in [2.45, 2.75) is 145 Å². The molecule has 5 fully saturated rings. The summed E-state index contributed by atoms with van der Waals surface area (Å²) in [5, 5.41) is 0. The molecule has 10 atom stereocenters. The number of Topliss-reactive ketones (excluding diaryl/α,β-unsaturated/α-hetero) is 1. The van der Waals surface area contributed by atoms with Gasteiger partial charge in [0.05, 0.1) is 12.8 Å². The van der Waals surface area contributed by atoms with E-state index >= 15 is 0 Å². The quantitative estimate of drug-likeness (QED) is 0.186. The van der Waals surface area contributed by atoms with Crippen LogP contribution in [0.2, 0.25) is 0 Å². The molecule has 5 aliphatic rings. The fraction of sp³-hybridized carbons (Fsp3) is 0.829. The van der Waals surface area contributed by atoms with E-state index in [0.29, 0.717) is 35.4 Å². The molecule has 5 aliphatic carbocycles. The molecule has 0 aliphatic heterocycles. The van der Waals surface area contributed by atoms with Crippen LogP contribution in [0.15, 0.2) is 24.8 Å². The first-order valence-electron chi connectivity index (χ1n) is 18.4. The van der Waals surface area contributed by atoms with Crippen LogP contribution in [0.1, 0.15) is 139 Å². The molecule has 0 aromatic rings. The third-order valence-electron chi connectivity index (χ3n) is 15.6. The van der Waals surface area contributed by atoms with Crippen molar-refractivity contribution in [3.63, 3.8) is 0 Å². The summed E-state index contributed by atoms with van der Waals surface area (Å²) in [6.07, 6.45) is 12.9. The molecular formula is C41H64O5. The van der Waals surface area contributed by atoms with Crippen molar-refractivity contribution in [3.05, 3.63) is 24.8 Å². The van der Waals surface area contributed by atoms with E-state index in [4.69, 9.17) is 9.47 Å². The maximum atomic E-state index is 13.4. The van der Waals surface area contributed by atoms with Crippen molar-refractivity contribution < 1.29 is 23.9 Å². The van der Waals surface area contributed by atoms with Crippen molar-refractivity contribution >= 4 is 17.7 Å². The molecule has 46 heavy (non-hydrogen) atoms. The van der Waals surface area contributed by atoms with E-state index in [1.54, 1.807) is 6.08 Å². The Morgan fingerprint density at radius 2 is 1.48 bits per heavy atom. The van der Waals surface area contributed by atoms with Crippen LogP contribution in [0.5, 0.6) is 0 Å². The van der Waals surface area contributed by atoms with Crippen molar-refractivity contribution in [1.29, 1.82) is 0 Å². The normalized spacial score (nSPS) is 42.8. The Kier molecular flexibility index (Phi) is 9.16. The van der Waals surface area contributed by atoms with Crippen LogP contribution >= 0.6 is 0 Å². The number of hydrogen-bond acceptors (Lipinski definition) is 5. The number of rotatable bonds is 9. The van der Waals surface area contributed by atoms with Crippen molar-refractivity contribution in [2.24, 2.45) is 62.1 Å². The zero-order valence-electron chi connectivity index (χ0n) is 30.7. The Hall–Kier alpha value is -1.91. The predicted molar refractivity (Wildman–Crippen MR) is 184 cm³/mol. The maximum Gasteiger partial charge on any atom is 0.306 e. The number of hydrogen-bond donors (Lipinski definition) is 0. The van der Waals surface area contributed by atoms with Gasteiger partial charge in [-0.3, -0.25) is 14.4 Å². The summed E-state index contributed by atoms with van der Waals surface area (Å²) in [4.78, 5) is 39.0. The molecule has 5 rings (SSSR count). The van der Waals surface area contributed by atoms with Gasteiger partial charge in [-0.1, -0.05) is 73.3 Å². The van der Waals surface area contributed by atoms with Gasteiger partial charge in [0.1, 0.15) is 18.5 Å². The van der Waals surface area contributed by atoms with Gasteiger partial charge in [0.15, 0.2) is 0 Å². The molecule has 5 saturated carbocycles. The predicted octanol–water partition coefficient (Wildman–Crippen LogP) is 9.68. The minimum atomic E-state index is -0.536. The first-order chi connectivity index (χ1) is 21.3. The van der Waals surface area contributed by atoms with E-state index in [-0.39, 0.29) is 64.6 Å². The van der Waals surface area contributed by atoms with E-state index in [1.807, 2.05) is 20.8 Å². The molecule has 0 radical (unpaired) electrons. The Morgan fingerprint density at radius 3 is 2.11 bits per heavy atom. The largest absolute Gasteiger partial charge is 0.462 e. The van der Waals surface area contributed by atoms with E-state index in [0.717, 1.165) is 44.9 Å². The maximum absolute atomic E-state index is 13.4. The highest BCUT2D eigenvalue weighted by molar-refractivity contribution is 5.83. The van der Waals surface area contributed by atoms with Crippen molar-refractivity contribution in [1.82, 2.24) is 0 Å². The summed E-state index contributed by atoms with van der Waals surface area (Å²) in [5.74, 6) is 2.46. The molecular weight excluding hydrogens is 572 g/mol. The monoisotopic (exact) mass is 636 g/mol. The van der Waals surface area contributed by atoms with Crippen LogP contribution in [0.4, 0.5) is 0 Å². The second kappa shape index (κ2) is 11.9. The van der Waals surface area contributed by atoms with E-state index in [9.17, 15) is 14.4 Å². The molecule has 0 N–H and O–H groups in total.